The van der Waals surface area contributed by atoms with Gasteiger partial charge in [-0.15, -0.1) is 0 Å². The van der Waals surface area contributed by atoms with Gasteiger partial charge < -0.3 is 10.0 Å². The highest BCUT2D eigenvalue weighted by molar-refractivity contribution is 5.66. The number of carbonyl (C=O) groups is 1. The summed E-state index contributed by atoms with van der Waals surface area (Å²) >= 11 is 0. The molecule has 0 bridgehead atoms. The van der Waals surface area contributed by atoms with Crippen molar-refractivity contribution in [2.24, 2.45) is 5.41 Å². The number of carboxylic acids is 1. The third kappa shape index (κ3) is 2.97. The number of unbranched alkanes of at least 4 members (excludes halogenated alkanes) is 3. The topological polar surface area (TPSA) is 40.5 Å². The van der Waals surface area contributed by atoms with E-state index in [1.807, 2.05) is 0 Å². The van der Waals surface area contributed by atoms with Crippen LogP contribution in [0.4, 0.5) is 0 Å². The normalized spacial score (nSPS) is 22.8. The van der Waals surface area contributed by atoms with E-state index in [4.69, 9.17) is 5.11 Å². The van der Waals surface area contributed by atoms with Crippen LogP contribution in [0.2, 0.25) is 0 Å². The fourth-order valence-corrected chi connectivity index (χ4v) is 3.02. The van der Waals surface area contributed by atoms with Crippen molar-refractivity contribution >= 4 is 5.97 Å². The lowest BCUT2D eigenvalue weighted by Gasteiger charge is -2.56. The van der Waals surface area contributed by atoms with Crippen LogP contribution in [-0.4, -0.2) is 35.6 Å². The summed E-state index contributed by atoms with van der Waals surface area (Å²) in [6.45, 7) is 3.90. The van der Waals surface area contributed by atoms with Crippen LogP contribution in [0, 0.1) is 5.41 Å². The van der Waals surface area contributed by atoms with Gasteiger partial charge in [0, 0.05) is 19.5 Å². The Morgan fingerprint density at radius 1 is 1.12 bits per heavy atom. The van der Waals surface area contributed by atoms with Crippen molar-refractivity contribution in [2.75, 3.05) is 19.6 Å². The monoisotopic (exact) mass is 225 g/mol. The van der Waals surface area contributed by atoms with Crippen LogP contribution < -0.4 is 0 Å². The Kier molecular flexibility index (Phi) is 3.85. The molecular formula is C13H23NO2. The van der Waals surface area contributed by atoms with E-state index in [9.17, 15) is 4.79 Å². The van der Waals surface area contributed by atoms with Crippen LogP contribution in [0.5, 0.6) is 0 Å². The first-order valence-corrected chi connectivity index (χ1v) is 6.64. The fourth-order valence-electron chi connectivity index (χ4n) is 3.02. The summed E-state index contributed by atoms with van der Waals surface area (Å²) in [6.07, 6.45) is 9.07. The minimum absolute atomic E-state index is 0.340. The van der Waals surface area contributed by atoms with Gasteiger partial charge in [0.25, 0.3) is 0 Å². The molecule has 2 aliphatic rings. The van der Waals surface area contributed by atoms with Crippen molar-refractivity contribution in [3.05, 3.63) is 0 Å². The highest BCUT2D eigenvalue weighted by Crippen LogP contribution is 2.47. The van der Waals surface area contributed by atoms with E-state index in [1.165, 1.54) is 51.7 Å². The van der Waals surface area contributed by atoms with Gasteiger partial charge in [0.05, 0.1) is 0 Å². The van der Waals surface area contributed by atoms with Crippen LogP contribution in [0.25, 0.3) is 0 Å². The van der Waals surface area contributed by atoms with Gasteiger partial charge in [-0.1, -0.05) is 19.3 Å². The third-order valence-corrected chi connectivity index (χ3v) is 4.15. The van der Waals surface area contributed by atoms with Crippen molar-refractivity contribution in [3.8, 4) is 0 Å². The molecule has 2 fully saturated rings. The van der Waals surface area contributed by atoms with Crippen LogP contribution in [0.3, 0.4) is 0 Å². The smallest absolute Gasteiger partial charge is 0.303 e. The fraction of sp³-hybridized carbons (Fsp3) is 0.923. The third-order valence-electron chi connectivity index (χ3n) is 4.15. The molecule has 1 heterocycles. The molecule has 3 nitrogen and oxygen atoms in total. The minimum atomic E-state index is -0.658. The Morgan fingerprint density at radius 2 is 1.81 bits per heavy atom. The molecule has 1 aliphatic carbocycles. The lowest BCUT2D eigenvalue weighted by atomic mass is 9.63. The molecule has 3 heteroatoms. The summed E-state index contributed by atoms with van der Waals surface area (Å²) in [5, 5.41) is 8.49. The van der Waals surface area contributed by atoms with Gasteiger partial charge in [-0.2, -0.15) is 0 Å². The van der Waals surface area contributed by atoms with E-state index in [0.29, 0.717) is 6.42 Å². The van der Waals surface area contributed by atoms with Crippen molar-refractivity contribution in [3.63, 3.8) is 0 Å². The Bertz CT molecular complexity index is 240. The first-order chi connectivity index (χ1) is 7.70. The van der Waals surface area contributed by atoms with Crippen LogP contribution in [0.1, 0.15) is 51.4 Å². The maximum atomic E-state index is 10.3. The van der Waals surface area contributed by atoms with Crippen LogP contribution in [0.15, 0.2) is 0 Å². The van der Waals surface area contributed by atoms with Gasteiger partial charge in [0.2, 0.25) is 0 Å². The minimum Gasteiger partial charge on any atom is -0.481 e. The number of hydrogen-bond acceptors (Lipinski definition) is 2. The molecule has 1 spiro atoms. The number of aliphatic carboxylic acids is 1. The summed E-state index contributed by atoms with van der Waals surface area (Å²) in [4.78, 5) is 12.9. The zero-order valence-corrected chi connectivity index (χ0v) is 10.1. The second kappa shape index (κ2) is 5.17. The first kappa shape index (κ1) is 11.9. The number of hydrogen-bond donors (Lipinski definition) is 1. The molecule has 2 rings (SSSR count). The lowest BCUT2D eigenvalue weighted by Crippen LogP contribution is -2.59. The highest BCUT2D eigenvalue weighted by atomic mass is 16.4. The van der Waals surface area contributed by atoms with E-state index < -0.39 is 5.97 Å². The Hall–Kier alpha value is -0.570. The molecule has 0 radical (unpaired) electrons. The predicted octanol–water partition coefficient (Wildman–Crippen LogP) is 2.51. The van der Waals surface area contributed by atoms with E-state index in [1.54, 1.807) is 0 Å². The lowest BCUT2D eigenvalue weighted by molar-refractivity contribution is -0.137. The molecule has 1 N–H and O–H groups in total. The van der Waals surface area contributed by atoms with Crippen LogP contribution in [-0.2, 0) is 4.79 Å². The molecule has 92 valence electrons. The molecule has 0 amide bonds. The van der Waals surface area contributed by atoms with Crippen molar-refractivity contribution < 1.29 is 9.90 Å². The van der Waals surface area contributed by atoms with Gasteiger partial charge in [-0.05, 0) is 37.6 Å². The van der Waals surface area contributed by atoms with Crippen LogP contribution >= 0.6 is 0 Å². The van der Waals surface area contributed by atoms with Crippen molar-refractivity contribution in [2.45, 2.75) is 51.4 Å². The second-order valence-electron chi connectivity index (χ2n) is 5.62. The van der Waals surface area contributed by atoms with E-state index in [0.717, 1.165) is 18.3 Å². The summed E-state index contributed by atoms with van der Waals surface area (Å²) < 4.78 is 0. The number of rotatable bonds is 7. The Labute approximate surface area is 97.8 Å². The molecule has 16 heavy (non-hydrogen) atoms. The van der Waals surface area contributed by atoms with Gasteiger partial charge in [0.15, 0.2) is 0 Å². The SMILES string of the molecule is O=C(O)CCCCCCN1CC2(CCC2)C1. The number of likely N-dealkylation sites (tertiary alicyclic amines) is 1. The highest BCUT2D eigenvalue weighted by Gasteiger charge is 2.46. The average molecular weight is 225 g/mol. The molecular weight excluding hydrogens is 202 g/mol. The molecule has 0 unspecified atom stereocenters. The van der Waals surface area contributed by atoms with Crippen molar-refractivity contribution in [1.29, 1.82) is 0 Å². The zero-order chi connectivity index (χ0) is 11.4. The summed E-state index contributed by atoms with van der Waals surface area (Å²) in [6, 6.07) is 0. The molecule has 0 aromatic heterocycles. The Balaban J connectivity index is 1.40. The zero-order valence-electron chi connectivity index (χ0n) is 10.1. The quantitative estimate of drug-likeness (QED) is 0.677. The van der Waals surface area contributed by atoms with Gasteiger partial charge in [0.1, 0.15) is 0 Å². The van der Waals surface area contributed by atoms with E-state index in [2.05, 4.69) is 4.90 Å². The summed E-state index contributed by atoms with van der Waals surface area (Å²) in [5.74, 6) is -0.658. The predicted molar refractivity (Wildman–Crippen MR) is 63.4 cm³/mol. The van der Waals surface area contributed by atoms with Gasteiger partial charge >= 0.3 is 5.97 Å². The maximum Gasteiger partial charge on any atom is 0.303 e. The average Bonchev–Trinajstić information content (AvgIpc) is 2.10. The largest absolute Gasteiger partial charge is 0.481 e. The molecule has 0 aromatic carbocycles. The van der Waals surface area contributed by atoms with E-state index in [-0.39, 0.29) is 0 Å². The Morgan fingerprint density at radius 3 is 2.38 bits per heavy atom. The summed E-state index contributed by atoms with van der Waals surface area (Å²) in [7, 11) is 0. The molecule has 1 saturated heterocycles. The number of carboxylic acid groups (broad SMARTS) is 1. The standard InChI is InChI=1S/C13H23NO2/c15-12(16)6-3-1-2-4-9-14-10-13(11-14)7-5-8-13/h1-11H2,(H,15,16). The van der Waals surface area contributed by atoms with Gasteiger partial charge in [-0.25, -0.2) is 0 Å². The first-order valence-electron chi connectivity index (χ1n) is 6.64. The molecule has 1 saturated carbocycles. The molecule has 0 atom stereocenters. The van der Waals surface area contributed by atoms with E-state index >= 15 is 0 Å². The maximum absolute atomic E-state index is 10.3. The molecule has 0 aromatic rings. The number of nitrogens with zero attached hydrogens (tertiary/aromatic N) is 1. The second-order valence-corrected chi connectivity index (χ2v) is 5.62. The van der Waals surface area contributed by atoms with Crippen molar-refractivity contribution in [1.82, 2.24) is 4.90 Å². The van der Waals surface area contributed by atoms with Gasteiger partial charge in [-0.3, -0.25) is 4.79 Å². The summed E-state index contributed by atoms with van der Waals surface area (Å²) in [5.41, 5.74) is 0.753. The molecule has 1 aliphatic heterocycles.